The highest BCUT2D eigenvalue weighted by molar-refractivity contribution is 6.04. The highest BCUT2D eigenvalue weighted by atomic mass is 19.1. The van der Waals surface area contributed by atoms with E-state index >= 15 is 0 Å². The van der Waals surface area contributed by atoms with Gasteiger partial charge in [-0.3, -0.25) is 4.99 Å². The molecule has 1 N–H and O–H groups in total. The molecule has 0 atom stereocenters. The van der Waals surface area contributed by atoms with Crippen LogP contribution in [0.15, 0.2) is 59.6 Å². The van der Waals surface area contributed by atoms with Crippen LogP contribution in [0.4, 0.5) is 10.1 Å². The van der Waals surface area contributed by atoms with Gasteiger partial charge in [-0.15, -0.1) is 0 Å². The van der Waals surface area contributed by atoms with Crippen molar-refractivity contribution in [3.05, 3.63) is 77.4 Å². The summed E-state index contributed by atoms with van der Waals surface area (Å²) in [7, 11) is 1.34. The molecule has 126 valence electrons. The van der Waals surface area contributed by atoms with Crippen LogP contribution < -0.4 is 0 Å². The Morgan fingerprint density at radius 1 is 1.12 bits per heavy atom. The van der Waals surface area contributed by atoms with Crippen LogP contribution in [0.1, 0.15) is 21.7 Å². The molecule has 0 fully saturated rings. The van der Waals surface area contributed by atoms with Crippen molar-refractivity contribution < 1.29 is 13.9 Å². The number of hydrogen-bond acceptors (Lipinski definition) is 3. The number of aromatic amines is 1. The van der Waals surface area contributed by atoms with Crippen molar-refractivity contribution in [1.29, 1.82) is 0 Å². The lowest BCUT2D eigenvalue weighted by Gasteiger charge is -2.05. The fourth-order valence-corrected chi connectivity index (χ4v) is 2.70. The molecule has 0 aliphatic carbocycles. The number of esters is 1. The van der Waals surface area contributed by atoms with E-state index in [-0.39, 0.29) is 5.69 Å². The van der Waals surface area contributed by atoms with E-state index in [9.17, 15) is 9.18 Å². The molecule has 0 radical (unpaired) electrons. The smallest absolute Gasteiger partial charge is 0.340 e. The van der Waals surface area contributed by atoms with Crippen molar-refractivity contribution in [2.45, 2.75) is 6.92 Å². The summed E-state index contributed by atoms with van der Waals surface area (Å²) in [6.07, 6.45) is 1.53. The third-order valence-electron chi connectivity index (χ3n) is 3.85. The number of carbonyl (C=O) groups excluding carboxylic acids is 1. The van der Waals surface area contributed by atoms with E-state index in [1.54, 1.807) is 25.1 Å². The van der Waals surface area contributed by atoms with E-state index in [1.807, 2.05) is 30.3 Å². The summed E-state index contributed by atoms with van der Waals surface area (Å²) in [4.78, 5) is 19.6. The lowest BCUT2D eigenvalue weighted by Crippen LogP contribution is -2.03. The fourth-order valence-electron chi connectivity index (χ4n) is 2.70. The Bertz CT molecular complexity index is 930. The summed E-state index contributed by atoms with van der Waals surface area (Å²) in [5.74, 6) is -0.838. The Labute approximate surface area is 145 Å². The molecule has 0 saturated carbocycles. The third-order valence-corrected chi connectivity index (χ3v) is 3.85. The Kier molecular flexibility index (Phi) is 4.75. The average molecular weight is 336 g/mol. The number of H-pyrrole nitrogens is 1. The second kappa shape index (κ2) is 7.13. The van der Waals surface area contributed by atoms with E-state index in [4.69, 9.17) is 4.74 Å². The molecule has 1 heterocycles. The molecular formula is C20H17FN2O2. The molecule has 3 rings (SSSR count). The van der Waals surface area contributed by atoms with Crippen LogP contribution in [0.5, 0.6) is 0 Å². The Balaban J connectivity index is 2.14. The second-order valence-corrected chi connectivity index (χ2v) is 5.48. The van der Waals surface area contributed by atoms with Gasteiger partial charge in [0, 0.05) is 11.3 Å². The predicted octanol–water partition coefficient (Wildman–Crippen LogP) is 4.67. The summed E-state index contributed by atoms with van der Waals surface area (Å²) in [6, 6.07) is 15.7. The summed E-state index contributed by atoms with van der Waals surface area (Å²) < 4.78 is 18.7. The molecular weight excluding hydrogens is 319 g/mol. The zero-order chi connectivity index (χ0) is 17.8. The van der Waals surface area contributed by atoms with Crippen molar-refractivity contribution in [1.82, 2.24) is 4.98 Å². The number of hydrogen-bond donors (Lipinski definition) is 1. The molecule has 0 amide bonds. The largest absolute Gasteiger partial charge is 0.465 e. The molecule has 5 heteroatoms. The molecule has 3 aromatic rings. The van der Waals surface area contributed by atoms with Crippen molar-refractivity contribution >= 4 is 17.9 Å². The molecule has 2 aromatic carbocycles. The lowest BCUT2D eigenvalue weighted by atomic mass is 10.0. The maximum absolute atomic E-state index is 13.8. The Morgan fingerprint density at radius 2 is 1.80 bits per heavy atom. The summed E-state index contributed by atoms with van der Waals surface area (Å²) in [5.41, 5.74) is 3.50. The zero-order valence-corrected chi connectivity index (χ0v) is 13.9. The standard InChI is InChI=1S/C20H17FN2O2/c1-13-18(20(24)25-2)19(14-8-4-3-5-9-14)17(23-13)12-22-16-11-7-6-10-15(16)21/h3-12,23H,1-2H3. The number of benzene rings is 2. The molecule has 4 nitrogen and oxygen atoms in total. The molecule has 25 heavy (non-hydrogen) atoms. The number of aliphatic imine (C=N–C) groups is 1. The molecule has 0 spiro atoms. The molecule has 0 unspecified atom stereocenters. The number of aryl methyl sites for hydroxylation is 1. The van der Waals surface area contributed by atoms with Gasteiger partial charge in [-0.05, 0) is 24.6 Å². The zero-order valence-electron chi connectivity index (χ0n) is 13.9. The summed E-state index contributed by atoms with van der Waals surface area (Å²) in [5, 5.41) is 0. The molecule has 0 bridgehead atoms. The van der Waals surface area contributed by atoms with Gasteiger partial charge in [0.1, 0.15) is 5.82 Å². The first-order valence-electron chi connectivity index (χ1n) is 7.76. The van der Waals surface area contributed by atoms with E-state index in [2.05, 4.69) is 9.98 Å². The minimum Gasteiger partial charge on any atom is -0.465 e. The SMILES string of the molecule is COC(=O)c1c(C)[nH]c(C=Nc2ccccc2F)c1-c1ccccc1. The number of ether oxygens (including phenoxy) is 1. The highest BCUT2D eigenvalue weighted by Crippen LogP contribution is 2.30. The van der Waals surface area contributed by atoms with E-state index in [1.165, 1.54) is 19.4 Å². The van der Waals surface area contributed by atoms with Gasteiger partial charge in [0.25, 0.3) is 0 Å². The third kappa shape index (κ3) is 3.35. The first kappa shape index (κ1) is 16.6. The first-order chi connectivity index (χ1) is 12.1. The van der Waals surface area contributed by atoms with Crippen LogP contribution in [0.25, 0.3) is 11.1 Å². The highest BCUT2D eigenvalue weighted by Gasteiger charge is 2.22. The minimum atomic E-state index is -0.432. The fraction of sp³-hybridized carbons (Fsp3) is 0.100. The average Bonchev–Trinajstić information content (AvgIpc) is 2.97. The van der Waals surface area contributed by atoms with E-state index in [0.717, 1.165) is 5.56 Å². The van der Waals surface area contributed by atoms with Gasteiger partial charge in [-0.25, -0.2) is 9.18 Å². The quantitative estimate of drug-likeness (QED) is 0.556. The topological polar surface area (TPSA) is 54.5 Å². The lowest BCUT2D eigenvalue weighted by molar-refractivity contribution is 0.0601. The number of methoxy groups -OCH3 is 1. The number of para-hydroxylation sites is 1. The van der Waals surface area contributed by atoms with E-state index in [0.29, 0.717) is 22.5 Å². The van der Waals surface area contributed by atoms with Crippen LogP contribution in [0.2, 0.25) is 0 Å². The normalized spacial score (nSPS) is 11.0. The number of carbonyl (C=O) groups is 1. The minimum absolute atomic E-state index is 0.230. The number of rotatable bonds is 4. The predicted molar refractivity (Wildman–Crippen MR) is 96.0 cm³/mol. The van der Waals surface area contributed by atoms with Crippen molar-refractivity contribution in [2.75, 3.05) is 7.11 Å². The molecule has 0 saturated heterocycles. The van der Waals surface area contributed by atoms with Crippen LogP contribution in [-0.4, -0.2) is 24.3 Å². The molecule has 0 aliphatic heterocycles. The van der Waals surface area contributed by atoms with Crippen LogP contribution in [0, 0.1) is 12.7 Å². The number of aromatic nitrogens is 1. The van der Waals surface area contributed by atoms with Gasteiger partial charge in [0.15, 0.2) is 0 Å². The van der Waals surface area contributed by atoms with Crippen molar-refractivity contribution in [2.24, 2.45) is 4.99 Å². The van der Waals surface area contributed by atoms with Crippen molar-refractivity contribution in [3.8, 4) is 11.1 Å². The number of nitrogens with one attached hydrogen (secondary N) is 1. The number of nitrogens with zero attached hydrogens (tertiary/aromatic N) is 1. The van der Waals surface area contributed by atoms with Gasteiger partial charge >= 0.3 is 5.97 Å². The van der Waals surface area contributed by atoms with E-state index < -0.39 is 11.8 Å². The maximum atomic E-state index is 13.8. The van der Waals surface area contributed by atoms with Gasteiger partial charge in [-0.2, -0.15) is 0 Å². The van der Waals surface area contributed by atoms with Gasteiger partial charge in [-0.1, -0.05) is 42.5 Å². The summed E-state index contributed by atoms with van der Waals surface area (Å²) >= 11 is 0. The van der Waals surface area contributed by atoms with Crippen LogP contribution >= 0.6 is 0 Å². The van der Waals surface area contributed by atoms with Crippen LogP contribution in [0.3, 0.4) is 0 Å². The first-order valence-corrected chi connectivity index (χ1v) is 7.76. The Hall–Kier alpha value is -3.21. The molecule has 1 aromatic heterocycles. The second-order valence-electron chi connectivity index (χ2n) is 5.48. The van der Waals surface area contributed by atoms with Gasteiger partial charge < -0.3 is 9.72 Å². The Morgan fingerprint density at radius 3 is 2.48 bits per heavy atom. The van der Waals surface area contributed by atoms with Crippen LogP contribution in [-0.2, 0) is 4.74 Å². The van der Waals surface area contributed by atoms with Gasteiger partial charge in [0.2, 0.25) is 0 Å². The summed E-state index contributed by atoms with van der Waals surface area (Å²) in [6.45, 7) is 1.79. The molecule has 0 aliphatic rings. The maximum Gasteiger partial charge on any atom is 0.340 e. The number of halogens is 1. The monoisotopic (exact) mass is 336 g/mol. The van der Waals surface area contributed by atoms with Gasteiger partial charge in [0.05, 0.1) is 30.3 Å². The van der Waals surface area contributed by atoms with Crippen molar-refractivity contribution in [3.63, 3.8) is 0 Å².